The number of hydrogen-bond acceptors (Lipinski definition) is 9. The number of esters is 2. The zero-order valence-corrected chi connectivity index (χ0v) is 36.3. The van der Waals surface area contributed by atoms with Gasteiger partial charge >= 0.3 is 11.9 Å². The summed E-state index contributed by atoms with van der Waals surface area (Å²) in [6, 6.07) is 31.6. The third kappa shape index (κ3) is 15.9. The number of ether oxygens (including phenoxy) is 5. The molecule has 5 aromatic rings. The quantitative estimate of drug-likeness (QED) is 0.0249. The van der Waals surface area contributed by atoms with Crippen molar-refractivity contribution in [3.63, 3.8) is 0 Å². The first kappa shape index (κ1) is 46.1. The number of carbonyl (C=O) groups excluding carboxylic acids is 2. The van der Waals surface area contributed by atoms with Crippen LogP contribution in [0.15, 0.2) is 119 Å². The smallest absolute Gasteiger partial charge is 0.343 e. The van der Waals surface area contributed by atoms with Crippen molar-refractivity contribution in [3.8, 4) is 28.7 Å². The highest BCUT2D eigenvalue weighted by Crippen LogP contribution is 2.32. The molecule has 0 N–H and O–H groups in total. The van der Waals surface area contributed by atoms with Gasteiger partial charge in [0.05, 0.1) is 47.8 Å². The average molecular weight is 845 g/mol. The summed E-state index contributed by atoms with van der Waals surface area (Å²) >= 11 is 6.49. The normalized spacial score (nSPS) is 11.2. The van der Waals surface area contributed by atoms with Gasteiger partial charge in [-0.2, -0.15) is 0 Å². The molecule has 0 aliphatic heterocycles. The molecule has 0 aliphatic carbocycles. The van der Waals surface area contributed by atoms with E-state index in [2.05, 4.69) is 23.8 Å². The summed E-state index contributed by atoms with van der Waals surface area (Å²) in [5, 5.41) is 0.224. The number of aliphatic imine (C=N–C) groups is 2. The maximum absolute atomic E-state index is 13.2. The summed E-state index contributed by atoms with van der Waals surface area (Å²) in [6.45, 7) is 5.80. The minimum atomic E-state index is -0.544. The predicted octanol–water partition coefficient (Wildman–Crippen LogP) is 13.8. The zero-order chi connectivity index (χ0) is 43.1. The lowest BCUT2D eigenvalue weighted by Crippen LogP contribution is -2.09. The van der Waals surface area contributed by atoms with Crippen molar-refractivity contribution in [1.82, 2.24) is 0 Å². The minimum absolute atomic E-state index is 0.211. The zero-order valence-electron chi connectivity index (χ0n) is 35.6. The van der Waals surface area contributed by atoms with E-state index in [1.807, 2.05) is 24.3 Å². The van der Waals surface area contributed by atoms with Gasteiger partial charge in [-0.1, -0.05) is 102 Å². The van der Waals surface area contributed by atoms with Gasteiger partial charge in [-0.3, -0.25) is 9.98 Å². The molecule has 0 aromatic heterocycles. The molecule has 0 heterocycles. The number of nitrogens with zero attached hydrogens (tertiary/aromatic N) is 2. The summed E-state index contributed by atoms with van der Waals surface area (Å²) < 4.78 is 28.5. The van der Waals surface area contributed by atoms with E-state index in [0.29, 0.717) is 40.5 Å². The molecule has 0 amide bonds. The van der Waals surface area contributed by atoms with E-state index in [9.17, 15) is 9.59 Å². The van der Waals surface area contributed by atoms with Gasteiger partial charge in [0.1, 0.15) is 17.2 Å². The van der Waals surface area contributed by atoms with Crippen molar-refractivity contribution in [2.75, 3.05) is 20.3 Å². The largest absolute Gasteiger partial charge is 0.494 e. The monoisotopic (exact) mass is 844 g/mol. The Bertz CT molecular complexity index is 2170. The molecule has 0 atom stereocenters. The molecule has 320 valence electrons. The summed E-state index contributed by atoms with van der Waals surface area (Å²) in [6.07, 6.45) is 17.9. The fourth-order valence-electron chi connectivity index (χ4n) is 6.29. The van der Waals surface area contributed by atoms with Gasteiger partial charge in [-0.05, 0) is 121 Å². The van der Waals surface area contributed by atoms with Crippen LogP contribution < -0.4 is 23.7 Å². The van der Waals surface area contributed by atoms with Crippen LogP contribution in [-0.4, -0.2) is 44.7 Å². The lowest BCUT2D eigenvalue weighted by Gasteiger charge is -2.10. The number of benzene rings is 5. The SMILES string of the molecule is CCCCCCCCOc1ccc(N=Cc2ccc(C(=O)Oc3cc(C=Nc4ccc(OC(=O)c5ccc(OCCCCCCCC)cc5)c(Cl)c4)ccc3OC)cc2)cc1. The highest BCUT2D eigenvalue weighted by atomic mass is 35.5. The van der Waals surface area contributed by atoms with Crippen LogP contribution in [0, 0.1) is 0 Å². The molecule has 5 aromatic carbocycles. The van der Waals surface area contributed by atoms with Crippen LogP contribution in [0.3, 0.4) is 0 Å². The molecule has 0 aliphatic rings. The van der Waals surface area contributed by atoms with Crippen molar-refractivity contribution < 1.29 is 33.3 Å². The van der Waals surface area contributed by atoms with Crippen LogP contribution in [0.4, 0.5) is 11.4 Å². The van der Waals surface area contributed by atoms with Crippen LogP contribution in [0.1, 0.15) is 123 Å². The van der Waals surface area contributed by atoms with Crippen LogP contribution >= 0.6 is 11.6 Å². The number of methoxy groups -OCH3 is 1. The van der Waals surface area contributed by atoms with E-state index in [4.69, 9.17) is 35.3 Å². The first-order valence-corrected chi connectivity index (χ1v) is 21.8. The maximum atomic E-state index is 13.2. The second kappa shape index (κ2) is 25.6. The maximum Gasteiger partial charge on any atom is 0.343 e. The fourth-order valence-corrected chi connectivity index (χ4v) is 6.50. The lowest BCUT2D eigenvalue weighted by molar-refractivity contribution is 0.0722. The standard InChI is InChI=1S/C51H57ClN2O7/c1-4-6-8-10-12-14-32-58-44-26-21-41(22-27-44)50(55)60-47-31-25-43(35-46(47)52)54-37-39-18-30-48(57-3)49(34-39)61-51(56)40-19-16-38(17-20-40)36-53-42-23-28-45(29-24-42)59-33-15-13-11-9-7-5-2/h16-31,34-37H,4-15,32-33H2,1-3H3. The minimum Gasteiger partial charge on any atom is -0.494 e. The molecule has 0 radical (unpaired) electrons. The Morgan fingerprint density at radius 3 is 1.54 bits per heavy atom. The molecule has 0 bridgehead atoms. The summed E-state index contributed by atoms with van der Waals surface area (Å²) in [4.78, 5) is 35.1. The topological polar surface area (TPSA) is 105 Å². The molecule has 10 heteroatoms. The third-order valence-electron chi connectivity index (χ3n) is 9.84. The van der Waals surface area contributed by atoms with Gasteiger partial charge < -0.3 is 23.7 Å². The van der Waals surface area contributed by atoms with E-state index in [1.165, 1.54) is 64.9 Å². The Hall–Kier alpha value is -5.93. The van der Waals surface area contributed by atoms with E-state index >= 15 is 0 Å². The molecular formula is C51H57ClN2O7. The summed E-state index contributed by atoms with van der Waals surface area (Å²) in [7, 11) is 1.50. The van der Waals surface area contributed by atoms with Gasteiger partial charge in [0, 0.05) is 12.4 Å². The van der Waals surface area contributed by atoms with Crippen molar-refractivity contribution in [2.45, 2.75) is 90.9 Å². The predicted molar refractivity (Wildman–Crippen MR) is 246 cm³/mol. The van der Waals surface area contributed by atoms with Gasteiger partial charge in [0.2, 0.25) is 0 Å². The van der Waals surface area contributed by atoms with E-state index in [0.717, 1.165) is 42.9 Å². The van der Waals surface area contributed by atoms with Crippen molar-refractivity contribution in [1.29, 1.82) is 0 Å². The number of halogens is 1. The van der Waals surface area contributed by atoms with Crippen LogP contribution in [0.5, 0.6) is 28.7 Å². The Kier molecular flexibility index (Phi) is 19.4. The Labute approximate surface area is 365 Å². The van der Waals surface area contributed by atoms with Gasteiger partial charge in [0.25, 0.3) is 0 Å². The van der Waals surface area contributed by atoms with Crippen LogP contribution in [0.2, 0.25) is 5.02 Å². The number of unbranched alkanes of at least 4 members (excludes halogenated alkanes) is 10. The lowest BCUT2D eigenvalue weighted by atomic mass is 10.1. The first-order chi connectivity index (χ1) is 29.8. The number of carbonyl (C=O) groups is 2. The molecule has 0 saturated heterocycles. The molecule has 0 unspecified atom stereocenters. The van der Waals surface area contributed by atoms with Gasteiger partial charge in [-0.15, -0.1) is 0 Å². The van der Waals surface area contributed by atoms with Crippen molar-refractivity contribution in [2.24, 2.45) is 9.98 Å². The van der Waals surface area contributed by atoms with Crippen molar-refractivity contribution >= 4 is 47.3 Å². The number of hydrogen-bond donors (Lipinski definition) is 0. The highest BCUT2D eigenvalue weighted by molar-refractivity contribution is 6.32. The Morgan fingerprint density at radius 1 is 0.508 bits per heavy atom. The molecular weight excluding hydrogens is 788 g/mol. The Balaban J connectivity index is 1.10. The Morgan fingerprint density at radius 2 is 0.967 bits per heavy atom. The fraction of sp³-hybridized carbons (Fsp3) is 0.333. The van der Waals surface area contributed by atoms with Crippen molar-refractivity contribution in [3.05, 3.63) is 136 Å². The second-order valence-corrected chi connectivity index (χ2v) is 15.1. The van der Waals surface area contributed by atoms with E-state index in [1.54, 1.807) is 97.4 Å². The molecule has 9 nitrogen and oxygen atoms in total. The van der Waals surface area contributed by atoms with Crippen LogP contribution in [-0.2, 0) is 0 Å². The van der Waals surface area contributed by atoms with Gasteiger partial charge in [-0.25, -0.2) is 9.59 Å². The average Bonchev–Trinajstić information content (AvgIpc) is 3.28. The summed E-state index contributed by atoms with van der Waals surface area (Å²) in [5.41, 5.74) is 3.55. The molecule has 0 saturated carbocycles. The van der Waals surface area contributed by atoms with E-state index < -0.39 is 11.9 Å². The van der Waals surface area contributed by atoms with E-state index in [-0.39, 0.29) is 16.5 Å². The second-order valence-electron chi connectivity index (χ2n) is 14.7. The molecule has 0 fully saturated rings. The molecule has 5 rings (SSSR count). The molecule has 61 heavy (non-hydrogen) atoms. The highest BCUT2D eigenvalue weighted by Gasteiger charge is 2.15. The third-order valence-corrected chi connectivity index (χ3v) is 10.1. The first-order valence-electron chi connectivity index (χ1n) is 21.4. The van der Waals surface area contributed by atoms with Crippen LogP contribution in [0.25, 0.3) is 0 Å². The summed E-state index contributed by atoms with van der Waals surface area (Å²) in [5.74, 6) is 1.30. The van der Waals surface area contributed by atoms with Gasteiger partial charge in [0.15, 0.2) is 11.5 Å². The number of rotatable bonds is 25. The molecule has 0 spiro atoms.